The number of nitrogens with zero attached hydrogens (tertiary/aromatic N) is 2. The number of aryl methyl sites for hydroxylation is 1. The lowest BCUT2D eigenvalue weighted by Crippen LogP contribution is -2.43. The molecule has 1 saturated carbocycles. The molecule has 1 aromatic rings. The van der Waals surface area contributed by atoms with Crippen molar-refractivity contribution in [1.29, 1.82) is 0 Å². The number of hydrogen-bond acceptors (Lipinski definition) is 4. The fraction of sp³-hybridized carbons (Fsp3) is 0.652. The van der Waals surface area contributed by atoms with Crippen molar-refractivity contribution in [2.24, 2.45) is 0 Å². The van der Waals surface area contributed by atoms with E-state index in [0.29, 0.717) is 5.69 Å². The molecule has 1 fully saturated rings. The van der Waals surface area contributed by atoms with Crippen LogP contribution in [-0.2, 0) is 14.9 Å². The molecular weight excluding hydrogens is 398 g/mol. The second-order valence-corrected chi connectivity index (χ2v) is 10.1. The Hall–Kier alpha value is -1.41. The van der Waals surface area contributed by atoms with Crippen LogP contribution in [0.5, 0.6) is 0 Å². The Bertz CT molecular complexity index is 729. The van der Waals surface area contributed by atoms with Gasteiger partial charge in [0.05, 0.1) is 6.10 Å². The third-order valence-corrected chi connectivity index (χ3v) is 7.36. The van der Waals surface area contributed by atoms with E-state index in [9.17, 15) is 8.42 Å². The van der Waals surface area contributed by atoms with E-state index < -0.39 is 10.2 Å². The highest BCUT2D eigenvalue weighted by atomic mass is 32.2. The lowest BCUT2D eigenvalue weighted by atomic mass is 9.93. The molecule has 0 atom stereocenters. The highest BCUT2D eigenvalue weighted by molar-refractivity contribution is 7.90. The highest BCUT2D eigenvalue weighted by Gasteiger charge is 2.30. The molecule has 170 valence electrons. The van der Waals surface area contributed by atoms with Crippen LogP contribution in [0.1, 0.15) is 50.5 Å². The van der Waals surface area contributed by atoms with Crippen molar-refractivity contribution < 1.29 is 13.2 Å². The summed E-state index contributed by atoms with van der Waals surface area (Å²) >= 11 is 0. The molecule has 2 rings (SSSR count). The third-order valence-electron chi connectivity index (χ3n) is 5.81. The molecule has 1 N–H and O–H groups in total. The van der Waals surface area contributed by atoms with Crippen LogP contribution in [0.15, 0.2) is 36.9 Å². The molecule has 7 heteroatoms. The topological polar surface area (TPSA) is 61.9 Å². The zero-order valence-corrected chi connectivity index (χ0v) is 19.7. The first kappa shape index (κ1) is 24.9. The van der Waals surface area contributed by atoms with Crippen LogP contribution in [-0.4, -0.2) is 63.6 Å². The first-order chi connectivity index (χ1) is 14.3. The van der Waals surface area contributed by atoms with Crippen LogP contribution in [0.2, 0.25) is 0 Å². The fourth-order valence-electron chi connectivity index (χ4n) is 3.84. The molecular formula is C23H39N3O3S. The number of nitrogens with one attached hydrogen (secondary N) is 1. The zero-order valence-electron chi connectivity index (χ0n) is 18.8. The van der Waals surface area contributed by atoms with Gasteiger partial charge in [-0.25, -0.2) is 0 Å². The minimum absolute atomic E-state index is 0.0215. The van der Waals surface area contributed by atoms with E-state index in [1.807, 2.05) is 25.1 Å². The van der Waals surface area contributed by atoms with Crippen LogP contribution in [0.4, 0.5) is 5.69 Å². The summed E-state index contributed by atoms with van der Waals surface area (Å²) in [5.74, 6) is 0. The Labute approximate surface area is 183 Å². The summed E-state index contributed by atoms with van der Waals surface area (Å²) in [5.41, 5.74) is 1.70. The predicted octanol–water partition coefficient (Wildman–Crippen LogP) is 4.20. The number of unbranched alkanes of at least 4 members (excludes halogenated alkanes) is 2. The maximum atomic E-state index is 12.7. The normalized spacial score (nSPS) is 19.9. The Morgan fingerprint density at radius 2 is 1.77 bits per heavy atom. The largest absolute Gasteiger partial charge is 0.378 e. The summed E-state index contributed by atoms with van der Waals surface area (Å²) in [5, 5.41) is 0. The summed E-state index contributed by atoms with van der Waals surface area (Å²) in [7, 11) is 0.238. The SMILES string of the molecule is C=CCN(C)CCCCCOC1CCC(N(C)S(=O)(=O)Nc2ccc(C)cc2)CC1. The molecule has 30 heavy (non-hydrogen) atoms. The van der Waals surface area contributed by atoms with Crippen molar-refractivity contribution in [1.82, 2.24) is 9.21 Å². The monoisotopic (exact) mass is 437 g/mol. The highest BCUT2D eigenvalue weighted by Crippen LogP contribution is 2.26. The summed E-state index contributed by atoms with van der Waals surface area (Å²) in [4.78, 5) is 2.27. The van der Waals surface area contributed by atoms with E-state index in [2.05, 4.69) is 23.2 Å². The Kier molecular flexibility index (Phi) is 10.3. The molecule has 0 saturated heterocycles. The molecule has 0 aliphatic heterocycles. The smallest absolute Gasteiger partial charge is 0.301 e. The van der Waals surface area contributed by atoms with Gasteiger partial charge in [0.15, 0.2) is 0 Å². The first-order valence-corrected chi connectivity index (χ1v) is 12.5. The van der Waals surface area contributed by atoms with E-state index >= 15 is 0 Å². The average molecular weight is 438 g/mol. The number of likely N-dealkylation sites (N-methyl/N-ethyl adjacent to an activating group) is 1. The van der Waals surface area contributed by atoms with Crippen LogP contribution in [0.3, 0.4) is 0 Å². The predicted molar refractivity (Wildman–Crippen MR) is 125 cm³/mol. The maximum absolute atomic E-state index is 12.7. The van der Waals surface area contributed by atoms with Gasteiger partial charge < -0.3 is 9.64 Å². The van der Waals surface area contributed by atoms with Gasteiger partial charge in [-0.05, 0) is 77.6 Å². The van der Waals surface area contributed by atoms with Gasteiger partial charge in [0.1, 0.15) is 0 Å². The molecule has 0 unspecified atom stereocenters. The van der Waals surface area contributed by atoms with E-state index in [4.69, 9.17) is 4.74 Å². The van der Waals surface area contributed by atoms with Gasteiger partial charge in [0, 0.05) is 31.9 Å². The van der Waals surface area contributed by atoms with Crippen LogP contribution in [0.25, 0.3) is 0 Å². The standard InChI is InChI=1S/C23H39N3O3S/c1-5-17-25(3)18-7-6-8-19-29-23-15-13-22(14-16-23)26(4)30(27,28)24-21-11-9-20(2)10-12-21/h5,9-12,22-24H,1,6-8,13-19H2,2-4H3. The van der Waals surface area contributed by atoms with Gasteiger partial charge in [-0.1, -0.05) is 23.8 Å². The Morgan fingerprint density at radius 1 is 1.10 bits per heavy atom. The number of hydrogen-bond donors (Lipinski definition) is 1. The minimum Gasteiger partial charge on any atom is -0.378 e. The molecule has 0 amide bonds. The molecule has 0 heterocycles. The van der Waals surface area contributed by atoms with E-state index in [1.54, 1.807) is 19.2 Å². The summed E-state index contributed by atoms with van der Waals surface area (Å²) in [6, 6.07) is 7.42. The van der Waals surface area contributed by atoms with Gasteiger partial charge in [-0.3, -0.25) is 4.72 Å². The van der Waals surface area contributed by atoms with Gasteiger partial charge in [-0.15, -0.1) is 6.58 Å². The van der Waals surface area contributed by atoms with Gasteiger partial charge in [0.25, 0.3) is 0 Å². The molecule has 0 bridgehead atoms. The van der Waals surface area contributed by atoms with Crippen LogP contribution < -0.4 is 4.72 Å². The van der Waals surface area contributed by atoms with Gasteiger partial charge >= 0.3 is 10.2 Å². The quantitative estimate of drug-likeness (QED) is 0.371. The summed E-state index contributed by atoms with van der Waals surface area (Å²) in [6.07, 6.45) is 9.11. The van der Waals surface area contributed by atoms with Crippen molar-refractivity contribution in [3.63, 3.8) is 0 Å². The second-order valence-electron chi connectivity index (χ2n) is 8.40. The van der Waals surface area contributed by atoms with Crippen molar-refractivity contribution in [2.75, 3.05) is 38.5 Å². The molecule has 0 radical (unpaired) electrons. The van der Waals surface area contributed by atoms with E-state index in [-0.39, 0.29) is 12.1 Å². The molecule has 1 aromatic carbocycles. The summed E-state index contributed by atoms with van der Waals surface area (Å²) in [6.45, 7) is 8.56. The molecule has 0 spiro atoms. The summed E-state index contributed by atoms with van der Waals surface area (Å²) < 4.78 is 35.6. The van der Waals surface area contributed by atoms with Crippen molar-refractivity contribution >= 4 is 15.9 Å². The molecule has 0 aromatic heterocycles. The average Bonchev–Trinajstić information content (AvgIpc) is 2.72. The number of rotatable bonds is 13. The van der Waals surface area contributed by atoms with Crippen LogP contribution in [0, 0.1) is 6.92 Å². The first-order valence-electron chi connectivity index (χ1n) is 11.1. The Balaban J connectivity index is 1.65. The van der Waals surface area contributed by atoms with E-state index in [0.717, 1.165) is 57.4 Å². The molecule has 6 nitrogen and oxygen atoms in total. The van der Waals surface area contributed by atoms with Crippen molar-refractivity contribution in [3.05, 3.63) is 42.5 Å². The molecule has 1 aliphatic rings. The minimum atomic E-state index is -3.55. The molecule has 1 aliphatic carbocycles. The zero-order chi connectivity index (χ0) is 22.0. The van der Waals surface area contributed by atoms with Crippen molar-refractivity contribution in [2.45, 2.75) is 64.0 Å². The van der Waals surface area contributed by atoms with E-state index in [1.165, 1.54) is 17.1 Å². The lowest BCUT2D eigenvalue weighted by molar-refractivity contribution is 0.0156. The lowest BCUT2D eigenvalue weighted by Gasteiger charge is -2.34. The van der Waals surface area contributed by atoms with Crippen LogP contribution >= 0.6 is 0 Å². The fourth-order valence-corrected chi connectivity index (χ4v) is 5.02. The Morgan fingerprint density at radius 3 is 2.40 bits per heavy atom. The second kappa shape index (κ2) is 12.4. The number of benzene rings is 1. The number of anilines is 1. The maximum Gasteiger partial charge on any atom is 0.301 e. The van der Waals surface area contributed by atoms with Crippen molar-refractivity contribution in [3.8, 4) is 0 Å². The third kappa shape index (κ3) is 8.38. The number of ether oxygens (including phenoxy) is 1. The van der Waals surface area contributed by atoms with Gasteiger partial charge in [-0.2, -0.15) is 12.7 Å². The van der Waals surface area contributed by atoms with Gasteiger partial charge in [0.2, 0.25) is 0 Å².